The lowest BCUT2D eigenvalue weighted by Gasteiger charge is -2.20. The first kappa shape index (κ1) is 17.5. The zero-order chi connectivity index (χ0) is 19.0. The van der Waals surface area contributed by atoms with Crippen molar-refractivity contribution in [2.45, 2.75) is 27.7 Å². The molecule has 0 radical (unpaired) electrons. The van der Waals surface area contributed by atoms with E-state index in [1.807, 2.05) is 38.4 Å². The maximum atomic E-state index is 4.74. The van der Waals surface area contributed by atoms with Gasteiger partial charge in [-0.25, -0.2) is 9.97 Å². The van der Waals surface area contributed by atoms with Crippen molar-refractivity contribution in [2.24, 2.45) is 5.92 Å². The van der Waals surface area contributed by atoms with Gasteiger partial charge in [-0.05, 0) is 49.6 Å². The molecular weight excluding hydrogens is 356 g/mol. The van der Waals surface area contributed by atoms with Crippen molar-refractivity contribution < 1.29 is 0 Å². The van der Waals surface area contributed by atoms with E-state index in [0.717, 1.165) is 43.8 Å². The number of aromatic nitrogens is 3. The molecule has 4 rings (SSSR count). The van der Waals surface area contributed by atoms with Crippen LogP contribution in [0.3, 0.4) is 0 Å². The third-order valence-corrected chi connectivity index (χ3v) is 5.51. The van der Waals surface area contributed by atoms with Crippen molar-refractivity contribution in [3.05, 3.63) is 58.8 Å². The van der Waals surface area contributed by atoms with Crippen molar-refractivity contribution in [2.75, 3.05) is 5.32 Å². The van der Waals surface area contributed by atoms with Gasteiger partial charge in [-0.15, -0.1) is 11.3 Å². The van der Waals surface area contributed by atoms with E-state index in [2.05, 4.69) is 52.1 Å². The summed E-state index contributed by atoms with van der Waals surface area (Å²) in [5.74, 6) is 2.08. The van der Waals surface area contributed by atoms with Gasteiger partial charge < -0.3 is 10.7 Å². The van der Waals surface area contributed by atoms with Crippen LogP contribution in [0.15, 0.2) is 48.1 Å². The number of pyridine rings is 2. The van der Waals surface area contributed by atoms with E-state index in [-0.39, 0.29) is 0 Å². The highest BCUT2D eigenvalue weighted by Gasteiger charge is 2.11. The molecular formula is C20H22N6S. The number of rotatable bonds is 4. The second kappa shape index (κ2) is 7.00. The molecule has 27 heavy (non-hydrogen) atoms. The molecule has 0 atom stereocenters. The topological polar surface area (TPSA) is 74.8 Å². The quantitative estimate of drug-likeness (QED) is 0.629. The number of anilines is 1. The molecule has 6 nitrogen and oxygen atoms in total. The molecule has 1 aliphatic heterocycles. The summed E-state index contributed by atoms with van der Waals surface area (Å²) in [6.07, 6.45) is 5.95. The number of hydrazine groups is 1. The Morgan fingerprint density at radius 3 is 2.70 bits per heavy atom. The smallest absolute Gasteiger partial charge is 0.132 e. The maximum Gasteiger partial charge on any atom is 0.132 e. The molecule has 0 aromatic carbocycles. The number of hydrogen-bond donors (Lipinski definition) is 3. The summed E-state index contributed by atoms with van der Waals surface area (Å²) in [6, 6.07) is 6.00. The molecule has 7 heteroatoms. The Morgan fingerprint density at radius 2 is 1.96 bits per heavy atom. The Balaban J connectivity index is 1.65. The van der Waals surface area contributed by atoms with Crippen LogP contribution in [-0.4, -0.2) is 15.0 Å². The molecule has 4 heterocycles. The van der Waals surface area contributed by atoms with Gasteiger partial charge in [0, 0.05) is 18.0 Å². The number of thiazole rings is 1. The van der Waals surface area contributed by atoms with Gasteiger partial charge in [0.05, 0.1) is 26.6 Å². The summed E-state index contributed by atoms with van der Waals surface area (Å²) < 4.78 is 0. The average Bonchev–Trinajstić information content (AvgIpc) is 2.99. The molecule has 3 aromatic rings. The zero-order valence-corrected chi connectivity index (χ0v) is 16.6. The van der Waals surface area contributed by atoms with Crippen LogP contribution in [-0.2, 0) is 0 Å². The van der Waals surface area contributed by atoms with E-state index in [1.165, 1.54) is 5.57 Å². The summed E-state index contributed by atoms with van der Waals surface area (Å²) >= 11 is 1.68. The van der Waals surface area contributed by atoms with Crippen LogP contribution >= 0.6 is 11.3 Å². The molecule has 3 N–H and O–H groups in total. The van der Waals surface area contributed by atoms with Crippen LogP contribution in [0, 0.1) is 19.8 Å². The maximum absolute atomic E-state index is 4.74. The Morgan fingerprint density at radius 1 is 1.11 bits per heavy atom. The Labute approximate surface area is 162 Å². The average molecular weight is 379 g/mol. The van der Waals surface area contributed by atoms with E-state index in [9.17, 15) is 0 Å². The lowest BCUT2D eigenvalue weighted by molar-refractivity contribution is 0.677. The SMILES string of the molecule is Cc1nc(C)c(-c2cnc3ccc(NC4=CC(C(C)C)=CNN4)nc3c2)s1. The number of hydrogen-bond acceptors (Lipinski definition) is 7. The second-order valence-corrected chi connectivity index (χ2v) is 8.06. The highest BCUT2D eigenvalue weighted by Crippen LogP contribution is 2.30. The van der Waals surface area contributed by atoms with Gasteiger partial charge in [0.1, 0.15) is 11.6 Å². The number of fused-ring (bicyclic) bond motifs is 1. The highest BCUT2D eigenvalue weighted by molar-refractivity contribution is 7.15. The van der Waals surface area contributed by atoms with Gasteiger partial charge in [0.2, 0.25) is 0 Å². The van der Waals surface area contributed by atoms with Crippen LogP contribution in [0.1, 0.15) is 24.5 Å². The Kier molecular flexibility index (Phi) is 4.53. The predicted molar refractivity (Wildman–Crippen MR) is 111 cm³/mol. The molecule has 0 aliphatic carbocycles. The van der Waals surface area contributed by atoms with E-state index in [0.29, 0.717) is 5.92 Å². The minimum atomic E-state index is 0.443. The largest absolute Gasteiger partial charge is 0.325 e. The Bertz CT molecular complexity index is 1060. The lowest BCUT2D eigenvalue weighted by Crippen LogP contribution is -2.33. The molecule has 0 spiro atoms. The number of nitrogens with one attached hydrogen (secondary N) is 3. The van der Waals surface area contributed by atoms with Gasteiger partial charge in [-0.3, -0.25) is 10.4 Å². The van der Waals surface area contributed by atoms with E-state index >= 15 is 0 Å². The predicted octanol–water partition coefficient (Wildman–Crippen LogP) is 4.27. The van der Waals surface area contributed by atoms with Gasteiger partial charge in [0.15, 0.2) is 0 Å². The van der Waals surface area contributed by atoms with Crippen molar-refractivity contribution in [1.82, 2.24) is 25.8 Å². The molecule has 0 saturated heterocycles. The Hall–Kier alpha value is -2.93. The molecule has 138 valence electrons. The third-order valence-electron chi connectivity index (χ3n) is 4.39. The molecule has 3 aromatic heterocycles. The molecule has 0 fully saturated rings. The van der Waals surface area contributed by atoms with Gasteiger partial charge in [0.25, 0.3) is 0 Å². The highest BCUT2D eigenvalue weighted by atomic mass is 32.1. The number of aryl methyl sites for hydroxylation is 2. The molecule has 0 bridgehead atoms. The van der Waals surface area contributed by atoms with Crippen molar-refractivity contribution >= 4 is 28.2 Å². The monoisotopic (exact) mass is 378 g/mol. The fourth-order valence-corrected chi connectivity index (χ4v) is 3.88. The number of allylic oxidation sites excluding steroid dienone is 2. The summed E-state index contributed by atoms with van der Waals surface area (Å²) in [6.45, 7) is 8.38. The van der Waals surface area contributed by atoms with E-state index in [4.69, 9.17) is 4.98 Å². The minimum Gasteiger partial charge on any atom is -0.325 e. The van der Waals surface area contributed by atoms with Crippen LogP contribution < -0.4 is 16.2 Å². The standard InChI is InChI=1S/C20H22N6S/c1-11(2)14-8-19(26-22-10-14)25-18-6-5-16-17(24-18)7-15(9-21-16)20-12(3)23-13(4)27-20/h5-11,22,26H,1-4H3,(H,24,25). The van der Waals surface area contributed by atoms with Gasteiger partial charge >= 0.3 is 0 Å². The van der Waals surface area contributed by atoms with Crippen LogP contribution in [0.4, 0.5) is 5.82 Å². The number of nitrogens with zero attached hydrogens (tertiary/aromatic N) is 3. The molecule has 0 amide bonds. The second-order valence-electron chi connectivity index (χ2n) is 6.86. The van der Waals surface area contributed by atoms with Crippen molar-refractivity contribution in [3.63, 3.8) is 0 Å². The van der Waals surface area contributed by atoms with Gasteiger partial charge in [-0.1, -0.05) is 13.8 Å². The fourth-order valence-electron chi connectivity index (χ4n) is 2.98. The van der Waals surface area contributed by atoms with E-state index in [1.54, 1.807) is 11.3 Å². The molecule has 0 saturated carbocycles. The molecule has 0 unspecified atom stereocenters. The van der Waals surface area contributed by atoms with Gasteiger partial charge in [-0.2, -0.15) is 0 Å². The zero-order valence-electron chi connectivity index (χ0n) is 15.8. The third kappa shape index (κ3) is 3.64. The first-order valence-corrected chi connectivity index (χ1v) is 9.73. The summed E-state index contributed by atoms with van der Waals surface area (Å²) in [5.41, 5.74) is 11.2. The summed E-state index contributed by atoms with van der Waals surface area (Å²) in [5, 5.41) is 4.39. The van der Waals surface area contributed by atoms with Crippen LogP contribution in [0.25, 0.3) is 21.5 Å². The fraction of sp³-hybridized carbons (Fsp3) is 0.250. The molecule has 1 aliphatic rings. The summed E-state index contributed by atoms with van der Waals surface area (Å²) in [7, 11) is 0. The minimum absolute atomic E-state index is 0.443. The first-order chi connectivity index (χ1) is 13.0. The summed E-state index contributed by atoms with van der Waals surface area (Å²) in [4.78, 5) is 15.0. The van der Waals surface area contributed by atoms with Crippen LogP contribution in [0.5, 0.6) is 0 Å². The first-order valence-electron chi connectivity index (χ1n) is 8.91. The van der Waals surface area contributed by atoms with Crippen LogP contribution in [0.2, 0.25) is 0 Å². The normalized spacial score (nSPS) is 13.8. The lowest BCUT2D eigenvalue weighted by atomic mass is 10.0. The van der Waals surface area contributed by atoms with E-state index < -0.39 is 0 Å². The van der Waals surface area contributed by atoms with Crippen molar-refractivity contribution in [3.8, 4) is 10.4 Å². The van der Waals surface area contributed by atoms with Crippen molar-refractivity contribution in [1.29, 1.82) is 0 Å².